The number of amides is 1. The van der Waals surface area contributed by atoms with E-state index in [1.165, 1.54) is 12.3 Å². The molecule has 0 radical (unpaired) electrons. The molecule has 8 heteroatoms. The number of carbonyl (C=O) groups is 1. The number of nitrogens with one attached hydrogen (secondary N) is 3. The van der Waals surface area contributed by atoms with Crippen molar-refractivity contribution in [2.24, 2.45) is 0 Å². The van der Waals surface area contributed by atoms with Crippen LogP contribution in [0.4, 0.5) is 0 Å². The Morgan fingerprint density at radius 2 is 2.31 bits per heavy atom. The summed E-state index contributed by atoms with van der Waals surface area (Å²) in [6.45, 7) is -0.252. The lowest BCUT2D eigenvalue weighted by Crippen LogP contribution is -2.37. The Hall–Kier alpha value is -1.41. The van der Waals surface area contributed by atoms with Crippen molar-refractivity contribution in [1.82, 2.24) is 20.2 Å². The molecule has 88 valence electrons. The van der Waals surface area contributed by atoms with Gasteiger partial charge in [-0.25, -0.2) is 13.1 Å². The highest BCUT2D eigenvalue weighted by molar-refractivity contribution is 7.89. The van der Waals surface area contributed by atoms with E-state index in [2.05, 4.69) is 20.2 Å². The minimum absolute atomic E-state index is 0.0493. The maximum Gasteiger partial charge on any atom is 0.257 e. The molecule has 7 nitrogen and oxygen atoms in total. The molecule has 0 unspecified atom stereocenters. The zero-order valence-corrected chi connectivity index (χ0v) is 9.25. The lowest BCUT2D eigenvalue weighted by Gasteiger charge is -2.05. The summed E-state index contributed by atoms with van der Waals surface area (Å²) in [6, 6.07) is 1.55. The number of H-pyrrole nitrogens is 1. The fraction of sp³-hybridized carbons (Fsp3) is 0.500. The number of sulfonamides is 1. The van der Waals surface area contributed by atoms with Gasteiger partial charge in [0, 0.05) is 6.04 Å². The van der Waals surface area contributed by atoms with Gasteiger partial charge in [0.15, 0.2) is 5.03 Å². The predicted octanol–water partition coefficient (Wildman–Crippen LogP) is -1.03. The van der Waals surface area contributed by atoms with Crippen LogP contribution in [0.3, 0.4) is 0 Å². The Morgan fingerprint density at radius 3 is 2.88 bits per heavy atom. The highest BCUT2D eigenvalue weighted by atomic mass is 32.2. The van der Waals surface area contributed by atoms with Crippen molar-refractivity contribution in [2.45, 2.75) is 23.9 Å². The van der Waals surface area contributed by atoms with Crippen molar-refractivity contribution >= 4 is 15.9 Å². The van der Waals surface area contributed by atoms with E-state index in [4.69, 9.17) is 0 Å². The summed E-state index contributed by atoms with van der Waals surface area (Å²) in [5.41, 5.74) is 0. The summed E-state index contributed by atoms with van der Waals surface area (Å²) in [7, 11) is -3.66. The van der Waals surface area contributed by atoms with Crippen LogP contribution < -0.4 is 10.0 Å². The molecule has 0 atom stereocenters. The second kappa shape index (κ2) is 4.22. The van der Waals surface area contributed by atoms with E-state index in [0.717, 1.165) is 12.8 Å². The molecule has 0 aromatic carbocycles. The fourth-order valence-corrected chi connectivity index (χ4v) is 2.03. The summed E-state index contributed by atoms with van der Waals surface area (Å²) >= 11 is 0. The van der Waals surface area contributed by atoms with E-state index in [1.807, 2.05) is 0 Å². The largest absolute Gasteiger partial charge is 0.352 e. The minimum atomic E-state index is -3.66. The van der Waals surface area contributed by atoms with Gasteiger partial charge >= 0.3 is 0 Å². The van der Waals surface area contributed by atoms with Crippen LogP contribution in [0.2, 0.25) is 0 Å². The third-order valence-corrected chi connectivity index (χ3v) is 3.46. The summed E-state index contributed by atoms with van der Waals surface area (Å²) in [6.07, 6.45) is 3.27. The normalized spacial score (nSPS) is 16.0. The van der Waals surface area contributed by atoms with E-state index in [1.54, 1.807) is 0 Å². The molecule has 0 saturated heterocycles. The third-order valence-electron chi connectivity index (χ3n) is 2.13. The fourth-order valence-electron chi connectivity index (χ4n) is 1.14. The second-order valence-electron chi connectivity index (χ2n) is 3.59. The van der Waals surface area contributed by atoms with Crippen LogP contribution >= 0.6 is 0 Å². The quantitative estimate of drug-likeness (QED) is 0.615. The Balaban J connectivity index is 1.86. The molecule has 1 heterocycles. The van der Waals surface area contributed by atoms with Crippen LogP contribution in [-0.2, 0) is 14.8 Å². The lowest BCUT2D eigenvalue weighted by molar-refractivity contribution is -0.120. The van der Waals surface area contributed by atoms with E-state index in [9.17, 15) is 13.2 Å². The predicted molar refractivity (Wildman–Crippen MR) is 54.9 cm³/mol. The van der Waals surface area contributed by atoms with Gasteiger partial charge in [0.1, 0.15) is 0 Å². The number of rotatable bonds is 5. The third kappa shape index (κ3) is 2.80. The van der Waals surface area contributed by atoms with Crippen LogP contribution in [0, 0.1) is 0 Å². The number of hydrogen-bond donors (Lipinski definition) is 3. The zero-order chi connectivity index (χ0) is 11.6. The number of aromatic nitrogens is 2. The average molecular weight is 244 g/mol. The summed E-state index contributed by atoms with van der Waals surface area (Å²) in [5.74, 6) is -0.314. The van der Waals surface area contributed by atoms with Crippen LogP contribution in [0.25, 0.3) is 0 Å². The molecule has 3 N–H and O–H groups in total. The first kappa shape index (κ1) is 11.1. The van der Waals surface area contributed by atoms with Crippen molar-refractivity contribution in [1.29, 1.82) is 0 Å². The highest BCUT2D eigenvalue weighted by Crippen LogP contribution is 2.18. The van der Waals surface area contributed by atoms with Crippen molar-refractivity contribution in [3.8, 4) is 0 Å². The number of nitrogens with zero attached hydrogens (tertiary/aromatic N) is 1. The Morgan fingerprint density at radius 1 is 1.56 bits per heavy atom. The molecule has 1 fully saturated rings. The van der Waals surface area contributed by atoms with Crippen molar-refractivity contribution in [2.75, 3.05) is 6.54 Å². The SMILES string of the molecule is O=C(CNS(=O)(=O)c1ccn[nH]1)NC1CC1. The van der Waals surface area contributed by atoms with Gasteiger partial charge in [-0.15, -0.1) is 0 Å². The average Bonchev–Trinajstić information content (AvgIpc) is 2.86. The molecule has 1 aliphatic carbocycles. The Bertz CT molecular complexity index is 463. The zero-order valence-electron chi connectivity index (χ0n) is 8.43. The van der Waals surface area contributed by atoms with Gasteiger partial charge in [-0.3, -0.25) is 9.89 Å². The highest BCUT2D eigenvalue weighted by Gasteiger charge is 2.24. The first-order valence-electron chi connectivity index (χ1n) is 4.86. The van der Waals surface area contributed by atoms with E-state index >= 15 is 0 Å². The standard InChI is InChI=1S/C8H12N4O3S/c13-7(11-6-1-2-6)5-10-16(14,15)8-3-4-9-12-8/h3-4,6,10H,1-2,5H2,(H,9,12)(H,11,13). The van der Waals surface area contributed by atoms with Gasteiger partial charge in [-0.1, -0.05) is 0 Å². The molecule has 2 rings (SSSR count). The molecular weight excluding hydrogens is 232 g/mol. The van der Waals surface area contributed by atoms with Gasteiger partial charge in [-0.2, -0.15) is 5.10 Å². The van der Waals surface area contributed by atoms with Crippen molar-refractivity contribution in [3.05, 3.63) is 12.3 Å². The Kier molecular flexibility index (Phi) is 2.92. The van der Waals surface area contributed by atoms with Gasteiger partial charge in [0.05, 0.1) is 12.7 Å². The minimum Gasteiger partial charge on any atom is -0.352 e. The second-order valence-corrected chi connectivity index (χ2v) is 5.32. The number of aromatic amines is 1. The van der Waals surface area contributed by atoms with Crippen LogP contribution in [0.1, 0.15) is 12.8 Å². The van der Waals surface area contributed by atoms with E-state index < -0.39 is 10.0 Å². The molecule has 0 bridgehead atoms. The first-order valence-corrected chi connectivity index (χ1v) is 6.34. The molecule has 0 spiro atoms. The molecule has 1 aromatic rings. The smallest absolute Gasteiger partial charge is 0.257 e. The molecule has 1 amide bonds. The molecule has 0 aliphatic heterocycles. The maximum absolute atomic E-state index is 11.5. The topological polar surface area (TPSA) is 104 Å². The van der Waals surface area contributed by atoms with E-state index in [-0.39, 0.29) is 23.5 Å². The van der Waals surface area contributed by atoms with Crippen molar-refractivity contribution in [3.63, 3.8) is 0 Å². The van der Waals surface area contributed by atoms with E-state index in [0.29, 0.717) is 0 Å². The molecular formula is C8H12N4O3S. The summed E-state index contributed by atoms with van der Waals surface area (Å²) < 4.78 is 25.3. The number of carbonyl (C=O) groups excluding carboxylic acids is 1. The number of hydrogen-bond acceptors (Lipinski definition) is 4. The van der Waals surface area contributed by atoms with Crippen LogP contribution in [0.5, 0.6) is 0 Å². The molecule has 1 saturated carbocycles. The van der Waals surface area contributed by atoms with Gasteiger partial charge in [0.2, 0.25) is 5.91 Å². The molecule has 1 aliphatic rings. The summed E-state index contributed by atoms with van der Waals surface area (Å²) in [5, 5.41) is 8.48. The maximum atomic E-state index is 11.5. The molecule has 16 heavy (non-hydrogen) atoms. The summed E-state index contributed by atoms with van der Waals surface area (Å²) in [4.78, 5) is 11.2. The monoisotopic (exact) mass is 244 g/mol. The van der Waals surface area contributed by atoms with Gasteiger partial charge in [0.25, 0.3) is 10.0 Å². The van der Waals surface area contributed by atoms with Crippen LogP contribution in [0.15, 0.2) is 17.3 Å². The Labute approximate surface area is 92.7 Å². The van der Waals surface area contributed by atoms with Gasteiger partial charge < -0.3 is 5.32 Å². The first-order chi connectivity index (χ1) is 7.58. The molecule has 1 aromatic heterocycles. The lowest BCUT2D eigenvalue weighted by atomic mass is 10.5. The van der Waals surface area contributed by atoms with Crippen molar-refractivity contribution < 1.29 is 13.2 Å². The van der Waals surface area contributed by atoms with Gasteiger partial charge in [-0.05, 0) is 18.9 Å². The van der Waals surface area contributed by atoms with Crippen LogP contribution in [-0.4, -0.2) is 37.1 Å².